The zero-order valence-electron chi connectivity index (χ0n) is 13.7. The van der Waals surface area contributed by atoms with Gasteiger partial charge in [0.2, 0.25) is 15.9 Å². The minimum Gasteiger partial charge on any atom is -0.345 e. The minimum atomic E-state index is -3.51. The van der Waals surface area contributed by atoms with E-state index >= 15 is 0 Å². The molecule has 0 aliphatic rings. The summed E-state index contributed by atoms with van der Waals surface area (Å²) in [5, 5.41) is 2.61. The van der Waals surface area contributed by atoms with Gasteiger partial charge in [0.1, 0.15) is 12.3 Å². The van der Waals surface area contributed by atoms with Crippen LogP contribution in [0.3, 0.4) is 0 Å². The van der Waals surface area contributed by atoms with Crippen molar-refractivity contribution in [2.75, 3.05) is 6.26 Å². The van der Waals surface area contributed by atoms with Gasteiger partial charge in [0, 0.05) is 0 Å². The highest BCUT2D eigenvalue weighted by Gasteiger charge is 2.25. The van der Waals surface area contributed by atoms with Crippen LogP contribution in [-0.4, -0.2) is 39.0 Å². The van der Waals surface area contributed by atoms with Gasteiger partial charge in [0.25, 0.3) is 0 Å². The Morgan fingerprint density at radius 1 is 1.22 bits per heavy atom. The fourth-order valence-electron chi connectivity index (χ4n) is 2.22. The molecule has 0 aromatic heterocycles. The summed E-state index contributed by atoms with van der Waals surface area (Å²) < 4.78 is 25.2. The quantitative estimate of drug-likeness (QED) is 0.653. The molecule has 1 rings (SSSR count). The van der Waals surface area contributed by atoms with Crippen molar-refractivity contribution in [3.05, 3.63) is 35.9 Å². The fourth-order valence-corrected chi connectivity index (χ4v) is 2.94. The lowest BCUT2D eigenvalue weighted by Gasteiger charge is -2.21. The highest BCUT2D eigenvalue weighted by atomic mass is 32.2. The normalized spacial score (nSPS) is 14.3. The molecule has 128 valence electrons. The van der Waals surface area contributed by atoms with E-state index in [9.17, 15) is 18.0 Å². The van der Waals surface area contributed by atoms with Crippen LogP contribution in [0.4, 0.5) is 0 Å². The molecule has 6 nitrogen and oxygen atoms in total. The molecule has 2 N–H and O–H groups in total. The van der Waals surface area contributed by atoms with Crippen molar-refractivity contribution in [2.45, 2.75) is 38.8 Å². The maximum atomic E-state index is 12.3. The molecule has 0 heterocycles. The number of carbonyl (C=O) groups excluding carboxylic acids is 2. The summed E-state index contributed by atoms with van der Waals surface area (Å²) in [7, 11) is -3.51. The SMILES string of the molecule is CC(C)C[C@@H](NS(C)(=O)=O)C(=O)N[C@H](C=O)Cc1ccccc1. The van der Waals surface area contributed by atoms with Gasteiger partial charge in [0.05, 0.1) is 12.3 Å². The summed E-state index contributed by atoms with van der Waals surface area (Å²) in [5.74, 6) is -0.360. The van der Waals surface area contributed by atoms with Crippen molar-refractivity contribution in [2.24, 2.45) is 5.92 Å². The van der Waals surface area contributed by atoms with Crippen molar-refractivity contribution in [1.82, 2.24) is 10.0 Å². The van der Waals surface area contributed by atoms with Gasteiger partial charge in [-0.25, -0.2) is 13.1 Å². The molecule has 1 aromatic carbocycles. The number of hydrogen-bond donors (Lipinski definition) is 2. The zero-order chi connectivity index (χ0) is 17.5. The fraction of sp³-hybridized carbons (Fsp3) is 0.500. The number of rotatable bonds is 9. The average molecular weight is 340 g/mol. The molecular formula is C16H24N2O4S. The zero-order valence-corrected chi connectivity index (χ0v) is 14.5. The summed E-state index contributed by atoms with van der Waals surface area (Å²) in [6.45, 7) is 3.79. The number of sulfonamides is 1. The molecule has 0 fully saturated rings. The first-order valence-electron chi connectivity index (χ1n) is 7.48. The standard InChI is InChI=1S/C16H24N2O4S/c1-12(2)9-15(18-23(3,21)22)16(20)17-14(11-19)10-13-7-5-4-6-8-13/h4-8,11-12,14-15,18H,9-10H2,1-3H3,(H,17,20)/t14-,15+/m0/s1. The van der Waals surface area contributed by atoms with Crippen molar-refractivity contribution >= 4 is 22.2 Å². The molecule has 1 aromatic rings. The van der Waals surface area contributed by atoms with Gasteiger partial charge >= 0.3 is 0 Å². The summed E-state index contributed by atoms with van der Waals surface area (Å²) in [6, 6.07) is 7.72. The molecule has 0 spiro atoms. The summed E-state index contributed by atoms with van der Waals surface area (Å²) in [5.41, 5.74) is 0.918. The monoisotopic (exact) mass is 340 g/mol. The summed E-state index contributed by atoms with van der Waals surface area (Å²) in [4.78, 5) is 23.5. The van der Waals surface area contributed by atoms with Gasteiger partial charge in [-0.3, -0.25) is 4.79 Å². The van der Waals surface area contributed by atoms with Gasteiger partial charge in [-0.1, -0.05) is 44.2 Å². The predicted molar refractivity (Wildman–Crippen MR) is 89.4 cm³/mol. The summed E-state index contributed by atoms with van der Waals surface area (Å²) >= 11 is 0. The molecule has 0 aliphatic heterocycles. The van der Waals surface area contributed by atoms with E-state index in [2.05, 4.69) is 10.0 Å². The second-order valence-corrected chi connectivity index (χ2v) is 7.79. The van der Waals surface area contributed by atoms with Gasteiger partial charge in [0.15, 0.2) is 0 Å². The second-order valence-electron chi connectivity index (χ2n) is 6.01. The van der Waals surface area contributed by atoms with Crippen molar-refractivity contribution in [3.63, 3.8) is 0 Å². The van der Waals surface area contributed by atoms with E-state index in [1.165, 1.54) is 0 Å². The topological polar surface area (TPSA) is 92.3 Å². The molecule has 2 atom stereocenters. The van der Waals surface area contributed by atoms with Crippen LogP contribution in [0.15, 0.2) is 30.3 Å². The van der Waals surface area contributed by atoms with E-state index in [1.54, 1.807) is 0 Å². The number of aldehydes is 1. The molecule has 0 bridgehead atoms. The van der Waals surface area contributed by atoms with Crippen LogP contribution in [0.1, 0.15) is 25.8 Å². The molecule has 1 amide bonds. The Kier molecular flexibility index (Phi) is 7.38. The number of amides is 1. The molecule has 23 heavy (non-hydrogen) atoms. The number of nitrogens with one attached hydrogen (secondary N) is 2. The van der Waals surface area contributed by atoms with Gasteiger partial charge in [-0.2, -0.15) is 0 Å². The van der Waals surface area contributed by atoms with E-state index in [4.69, 9.17) is 0 Å². The third-order valence-electron chi connectivity index (χ3n) is 3.17. The van der Waals surface area contributed by atoms with Crippen LogP contribution in [-0.2, 0) is 26.0 Å². The average Bonchev–Trinajstić information content (AvgIpc) is 2.45. The Morgan fingerprint density at radius 2 is 1.83 bits per heavy atom. The number of benzene rings is 1. The Bertz CT molecular complexity index is 614. The highest BCUT2D eigenvalue weighted by Crippen LogP contribution is 2.07. The maximum Gasteiger partial charge on any atom is 0.238 e. The van der Waals surface area contributed by atoms with Crippen LogP contribution in [0.25, 0.3) is 0 Å². The molecule has 0 saturated carbocycles. The Morgan fingerprint density at radius 3 is 2.30 bits per heavy atom. The predicted octanol–water partition coefficient (Wildman–Crippen LogP) is 0.877. The molecule has 0 radical (unpaired) electrons. The van der Waals surface area contributed by atoms with Gasteiger partial charge < -0.3 is 10.1 Å². The summed E-state index contributed by atoms with van der Waals surface area (Å²) in [6.07, 6.45) is 2.39. The largest absolute Gasteiger partial charge is 0.345 e. The van der Waals surface area contributed by atoms with E-state index in [-0.39, 0.29) is 5.92 Å². The Hall–Kier alpha value is -1.73. The molecule has 0 aliphatic carbocycles. The van der Waals surface area contributed by atoms with E-state index in [0.29, 0.717) is 19.1 Å². The molecule has 0 saturated heterocycles. The second kappa shape index (κ2) is 8.79. The first-order chi connectivity index (χ1) is 10.7. The van der Waals surface area contributed by atoms with E-state index in [0.717, 1.165) is 11.8 Å². The van der Waals surface area contributed by atoms with Crippen molar-refractivity contribution in [1.29, 1.82) is 0 Å². The van der Waals surface area contributed by atoms with Crippen LogP contribution in [0.5, 0.6) is 0 Å². The third-order valence-corrected chi connectivity index (χ3v) is 3.88. The first kappa shape index (κ1) is 19.3. The first-order valence-corrected chi connectivity index (χ1v) is 9.37. The lowest BCUT2D eigenvalue weighted by molar-refractivity contribution is -0.125. The minimum absolute atomic E-state index is 0.129. The lowest BCUT2D eigenvalue weighted by Crippen LogP contribution is -2.50. The van der Waals surface area contributed by atoms with Crippen LogP contribution >= 0.6 is 0 Å². The van der Waals surface area contributed by atoms with E-state index < -0.39 is 28.0 Å². The Labute approximate surface area is 137 Å². The lowest BCUT2D eigenvalue weighted by atomic mass is 10.0. The molecule has 7 heteroatoms. The van der Waals surface area contributed by atoms with Crippen LogP contribution < -0.4 is 10.0 Å². The highest BCUT2D eigenvalue weighted by molar-refractivity contribution is 7.88. The van der Waals surface area contributed by atoms with Crippen LogP contribution in [0, 0.1) is 5.92 Å². The number of carbonyl (C=O) groups is 2. The Balaban J connectivity index is 2.76. The van der Waals surface area contributed by atoms with Gasteiger partial charge in [-0.05, 0) is 24.3 Å². The molecule has 0 unspecified atom stereocenters. The van der Waals surface area contributed by atoms with Crippen molar-refractivity contribution in [3.8, 4) is 0 Å². The van der Waals surface area contributed by atoms with E-state index in [1.807, 2.05) is 44.2 Å². The van der Waals surface area contributed by atoms with Crippen molar-refractivity contribution < 1.29 is 18.0 Å². The number of hydrogen-bond acceptors (Lipinski definition) is 4. The van der Waals surface area contributed by atoms with Gasteiger partial charge in [-0.15, -0.1) is 0 Å². The van der Waals surface area contributed by atoms with Crippen LogP contribution in [0.2, 0.25) is 0 Å². The smallest absolute Gasteiger partial charge is 0.238 e. The maximum absolute atomic E-state index is 12.3. The molecular weight excluding hydrogens is 316 g/mol. The third kappa shape index (κ3) is 7.90.